The van der Waals surface area contributed by atoms with Gasteiger partial charge in [0, 0.05) is 5.69 Å². The van der Waals surface area contributed by atoms with Gasteiger partial charge in [0.25, 0.3) is 5.91 Å². The molecule has 1 aromatic carbocycles. The van der Waals surface area contributed by atoms with Gasteiger partial charge < -0.3 is 4.74 Å². The minimum Gasteiger partial charge on any atom is -0.484 e. The maximum atomic E-state index is 12.4. The van der Waals surface area contributed by atoms with Gasteiger partial charge in [-0.1, -0.05) is 32.9 Å². The Morgan fingerprint density at radius 1 is 1.22 bits per heavy atom. The van der Waals surface area contributed by atoms with Gasteiger partial charge in [-0.25, -0.2) is 4.68 Å². The fourth-order valence-electron chi connectivity index (χ4n) is 2.84. The second-order valence-electron chi connectivity index (χ2n) is 5.99. The highest BCUT2D eigenvalue weighted by molar-refractivity contribution is 5.80. The van der Waals surface area contributed by atoms with E-state index in [1.807, 2.05) is 38.1 Å². The minimum atomic E-state index is -0.139. The van der Waals surface area contributed by atoms with Crippen LogP contribution in [0.5, 0.6) is 5.75 Å². The van der Waals surface area contributed by atoms with E-state index in [1.54, 1.807) is 0 Å². The molecule has 0 N–H and O–H groups in total. The van der Waals surface area contributed by atoms with Crippen LogP contribution in [0.1, 0.15) is 60.4 Å². The van der Waals surface area contributed by atoms with Gasteiger partial charge in [0.1, 0.15) is 5.75 Å². The summed E-state index contributed by atoms with van der Waals surface area (Å²) in [6, 6.07) is 7.84. The van der Waals surface area contributed by atoms with E-state index in [0.29, 0.717) is 11.7 Å². The van der Waals surface area contributed by atoms with Gasteiger partial charge in [0.15, 0.2) is 6.61 Å². The highest BCUT2D eigenvalue weighted by Gasteiger charge is 2.20. The quantitative estimate of drug-likeness (QED) is 0.798. The van der Waals surface area contributed by atoms with Gasteiger partial charge in [-0.2, -0.15) is 5.10 Å². The van der Waals surface area contributed by atoms with E-state index in [-0.39, 0.29) is 12.5 Å². The molecule has 1 atom stereocenters. The Kier molecular flexibility index (Phi) is 5.59. The van der Waals surface area contributed by atoms with Crippen LogP contribution in [0.15, 0.2) is 24.3 Å². The van der Waals surface area contributed by atoms with Gasteiger partial charge in [-0.05, 0) is 55.9 Å². The van der Waals surface area contributed by atoms with Crippen molar-refractivity contribution in [3.05, 3.63) is 46.8 Å². The molecule has 124 valence electrons. The molecule has 0 saturated carbocycles. The van der Waals surface area contributed by atoms with Crippen LogP contribution in [0, 0.1) is 13.8 Å². The topological polar surface area (TPSA) is 44.1 Å². The van der Waals surface area contributed by atoms with E-state index in [2.05, 4.69) is 25.9 Å². The Labute approximate surface area is 138 Å². The summed E-state index contributed by atoms with van der Waals surface area (Å²) in [6.45, 7) is 10.3. The Morgan fingerprint density at radius 3 is 2.43 bits per heavy atom. The van der Waals surface area contributed by atoms with Gasteiger partial charge in [0.2, 0.25) is 0 Å². The maximum Gasteiger partial charge on any atom is 0.284 e. The highest BCUT2D eigenvalue weighted by atomic mass is 16.5. The summed E-state index contributed by atoms with van der Waals surface area (Å²) in [4.78, 5) is 12.4. The summed E-state index contributed by atoms with van der Waals surface area (Å²) < 4.78 is 7.09. The number of hydrogen-bond acceptors (Lipinski definition) is 3. The third kappa shape index (κ3) is 3.81. The molecule has 1 aromatic heterocycles. The van der Waals surface area contributed by atoms with E-state index < -0.39 is 0 Å². The molecule has 1 heterocycles. The van der Waals surface area contributed by atoms with Crippen molar-refractivity contribution >= 4 is 5.91 Å². The van der Waals surface area contributed by atoms with Crippen LogP contribution >= 0.6 is 0 Å². The summed E-state index contributed by atoms with van der Waals surface area (Å²) in [5.74, 6) is 0.970. The molecule has 0 aliphatic carbocycles. The Hall–Kier alpha value is -2.10. The fourth-order valence-corrected chi connectivity index (χ4v) is 2.84. The Morgan fingerprint density at radius 2 is 1.87 bits per heavy atom. The standard InChI is InChI=1S/C19H26N2O2/c1-6-13(3)19-14(4)20-21(15(19)5)18(22)12-23-17-10-8-16(7-2)9-11-17/h8-11,13H,6-7,12H2,1-5H3. The smallest absolute Gasteiger partial charge is 0.284 e. The van der Waals surface area contributed by atoms with Crippen molar-refractivity contribution in [3.63, 3.8) is 0 Å². The summed E-state index contributed by atoms with van der Waals surface area (Å²) in [5.41, 5.74) is 4.28. The molecule has 0 radical (unpaired) electrons. The number of nitrogens with zero attached hydrogens (tertiary/aromatic N) is 2. The first-order chi connectivity index (χ1) is 11.0. The largest absolute Gasteiger partial charge is 0.484 e. The van der Waals surface area contributed by atoms with Crippen LogP contribution in [-0.4, -0.2) is 22.3 Å². The molecule has 0 spiro atoms. The molecule has 0 aliphatic rings. The lowest BCUT2D eigenvalue weighted by Gasteiger charge is -2.10. The molecule has 0 amide bonds. The van der Waals surface area contributed by atoms with Crippen molar-refractivity contribution in [2.24, 2.45) is 0 Å². The number of benzene rings is 1. The van der Waals surface area contributed by atoms with E-state index in [0.717, 1.165) is 24.2 Å². The van der Waals surface area contributed by atoms with Crippen LogP contribution in [0.3, 0.4) is 0 Å². The number of hydrogen-bond donors (Lipinski definition) is 0. The van der Waals surface area contributed by atoms with E-state index in [1.165, 1.54) is 15.8 Å². The molecule has 2 rings (SSSR count). The van der Waals surface area contributed by atoms with Gasteiger partial charge in [0.05, 0.1) is 5.69 Å². The average Bonchev–Trinajstić information content (AvgIpc) is 2.87. The van der Waals surface area contributed by atoms with Crippen molar-refractivity contribution in [2.75, 3.05) is 6.61 Å². The first-order valence-electron chi connectivity index (χ1n) is 8.28. The van der Waals surface area contributed by atoms with Crippen LogP contribution in [0.2, 0.25) is 0 Å². The lowest BCUT2D eigenvalue weighted by Crippen LogP contribution is -2.21. The van der Waals surface area contributed by atoms with E-state index in [9.17, 15) is 4.79 Å². The molecule has 23 heavy (non-hydrogen) atoms. The summed E-state index contributed by atoms with van der Waals surface area (Å²) >= 11 is 0. The summed E-state index contributed by atoms with van der Waals surface area (Å²) in [7, 11) is 0. The molecule has 0 aliphatic heterocycles. The zero-order valence-corrected chi connectivity index (χ0v) is 14.7. The summed E-state index contributed by atoms with van der Waals surface area (Å²) in [6.07, 6.45) is 2.02. The molecule has 0 fully saturated rings. The first kappa shape index (κ1) is 17.3. The molecule has 0 bridgehead atoms. The zero-order chi connectivity index (χ0) is 17.0. The summed E-state index contributed by atoms with van der Waals surface area (Å²) in [5, 5.41) is 4.41. The van der Waals surface area contributed by atoms with Crippen LogP contribution < -0.4 is 4.74 Å². The molecule has 1 unspecified atom stereocenters. The second kappa shape index (κ2) is 7.44. The van der Waals surface area contributed by atoms with Crippen molar-refractivity contribution in [1.29, 1.82) is 0 Å². The molecular weight excluding hydrogens is 288 g/mol. The van der Waals surface area contributed by atoms with Crippen LogP contribution in [0.25, 0.3) is 0 Å². The first-order valence-corrected chi connectivity index (χ1v) is 8.28. The molecular formula is C19H26N2O2. The third-order valence-corrected chi connectivity index (χ3v) is 4.38. The predicted molar refractivity (Wildman–Crippen MR) is 92.3 cm³/mol. The lowest BCUT2D eigenvalue weighted by molar-refractivity contribution is 0.0818. The number of rotatable bonds is 6. The van der Waals surface area contributed by atoms with Crippen LogP contribution in [-0.2, 0) is 6.42 Å². The van der Waals surface area contributed by atoms with Crippen molar-refractivity contribution < 1.29 is 9.53 Å². The third-order valence-electron chi connectivity index (χ3n) is 4.38. The van der Waals surface area contributed by atoms with Crippen molar-refractivity contribution in [3.8, 4) is 5.75 Å². The molecule has 2 aromatic rings. The number of ether oxygens (including phenoxy) is 1. The monoisotopic (exact) mass is 314 g/mol. The van der Waals surface area contributed by atoms with Crippen molar-refractivity contribution in [2.45, 2.75) is 53.4 Å². The molecule has 4 heteroatoms. The van der Waals surface area contributed by atoms with Crippen molar-refractivity contribution in [1.82, 2.24) is 9.78 Å². The normalized spacial score (nSPS) is 12.2. The number of aryl methyl sites for hydroxylation is 2. The Bertz CT molecular complexity index is 671. The lowest BCUT2D eigenvalue weighted by atomic mass is 9.97. The van der Waals surface area contributed by atoms with Crippen LogP contribution in [0.4, 0.5) is 0 Å². The number of aromatic nitrogens is 2. The van der Waals surface area contributed by atoms with Gasteiger partial charge >= 0.3 is 0 Å². The highest BCUT2D eigenvalue weighted by Crippen LogP contribution is 2.25. The maximum absolute atomic E-state index is 12.4. The fraction of sp³-hybridized carbons (Fsp3) is 0.474. The SMILES string of the molecule is CCc1ccc(OCC(=O)n2nc(C)c(C(C)CC)c2C)cc1. The van der Waals surface area contributed by atoms with Gasteiger partial charge in [-0.3, -0.25) is 4.79 Å². The number of carbonyl (C=O) groups excluding carboxylic acids is 1. The molecule has 0 saturated heterocycles. The molecule has 4 nitrogen and oxygen atoms in total. The Balaban J connectivity index is 2.08. The van der Waals surface area contributed by atoms with E-state index >= 15 is 0 Å². The predicted octanol–water partition coefficient (Wildman–Crippen LogP) is 4.30. The second-order valence-corrected chi connectivity index (χ2v) is 5.99. The minimum absolute atomic E-state index is 0.00657. The number of carbonyl (C=O) groups is 1. The average molecular weight is 314 g/mol. The van der Waals surface area contributed by atoms with E-state index in [4.69, 9.17) is 4.74 Å². The van der Waals surface area contributed by atoms with Gasteiger partial charge in [-0.15, -0.1) is 0 Å². The zero-order valence-electron chi connectivity index (χ0n) is 14.7.